The standard InChI is InChI=1S/C38H48S2/c1-3-5-7-9-11-12-14-16-18-30-21-25-33-35(27-30)39-38-34-26-24-32(28-36(34)40-37(33)38)31-22-19-29(20-23-31)17-15-13-10-8-6-4-2/h19-28H,3-18H2,1-2H3. The van der Waals surface area contributed by atoms with Crippen molar-refractivity contribution in [3.63, 3.8) is 0 Å². The lowest BCUT2D eigenvalue weighted by atomic mass is 10.0. The molecule has 0 bridgehead atoms. The van der Waals surface area contributed by atoms with Gasteiger partial charge in [-0.2, -0.15) is 0 Å². The summed E-state index contributed by atoms with van der Waals surface area (Å²) in [6.45, 7) is 4.58. The third-order valence-electron chi connectivity index (χ3n) is 8.57. The van der Waals surface area contributed by atoms with E-state index in [9.17, 15) is 0 Å². The Kier molecular flexibility index (Phi) is 11.1. The summed E-state index contributed by atoms with van der Waals surface area (Å²) in [7, 11) is 0. The minimum Gasteiger partial charge on any atom is -0.134 e. The smallest absolute Gasteiger partial charge is 0.0542 e. The Balaban J connectivity index is 1.20. The minimum atomic E-state index is 1.21. The number of rotatable bonds is 17. The molecule has 0 amide bonds. The SMILES string of the molecule is CCCCCCCCCCc1ccc2c(c1)sc1c3ccc(-c4ccc(CCCCCCCC)cc4)cc3sc21. The number of fused-ring (bicyclic) bond motifs is 5. The lowest BCUT2D eigenvalue weighted by Gasteiger charge is -2.06. The van der Waals surface area contributed by atoms with Gasteiger partial charge in [0, 0.05) is 20.2 Å². The first kappa shape index (κ1) is 29.3. The van der Waals surface area contributed by atoms with Crippen LogP contribution in [0, 0.1) is 0 Å². The molecule has 0 spiro atoms. The zero-order chi connectivity index (χ0) is 27.6. The highest BCUT2D eigenvalue weighted by molar-refractivity contribution is 7.36. The van der Waals surface area contributed by atoms with E-state index in [1.165, 1.54) is 155 Å². The van der Waals surface area contributed by atoms with Crippen LogP contribution < -0.4 is 0 Å². The average Bonchev–Trinajstić information content (AvgIpc) is 3.51. The van der Waals surface area contributed by atoms with Gasteiger partial charge in [0.25, 0.3) is 0 Å². The van der Waals surface area contributed by atoms with Gasteiger partial charge >= 0.3 is 0 Å². The molecule has 0 N–H and O–H groups in total. The summed E-state index contributed by atoms with van der Waals surface area (Å²) in [5.41, 5.74) is 5.66. The van der Waals surface area contributed by atoms with E-state index in [0.29, 0.717) is 0 Å². The molecule has 40 heavy (non-hydrogen) atoms. The summed E-state index contributed by atoms with van der Waals surface area (Å²) in [5.74, 6) is 0. The van der Waals surface area contributed by atoms with Crippen LogP contribution in [0.1, 0.15) is 115 Å². The molecule has 5 rings (SSSR count). The van der Waals surface area contributed by atoms with Crippen molar-refractivity contribution in [1.29, 1.82) is 0 Å². The number of thiophene rings is 2. The van der Waals surface area contributed by atoms with Gasteiger partial charge in [0.2, 0.25) is 0 Å². The maximum atomic E-state index is 2.47. The quantitative estimate of drug-likeness (QED) is 0.0978. The molecular formula is C38H48S2. The van der Waals surface area contributed by atoms with E-state index in [1.807, 2.05) is 22.7 Å². The topological polar surface area (TPSA) is 0 Å². The van der Waals surface area contributed by atoms with E-state index >= 15 is 0 Å². The van der Waals surface area contributed by atoms with Crippen LogP contribution in [0.15, 0.2) is 60.7 Å². The maximum Gasteiger partial charge on any atom is 0.0542 e. The number of benzene rings is 3. The van der Waals surface area contributed by atoms with Gasteiger partial charge in [0.1, 0.15) is 0 Å². The molecule has 0 aliphatic heterocycles. The Bertz CT molecular complexity index is 1470. The molecule has 0 saturated heterocycles. The molecule has 0 aliphatic rings. The summed E-state index contributed by atoms with van der Waals surface area (Å²) >= 11 is 3.97. The normalized spacial score (nSPS) is 11.8. The Morgan fingerprint density at radius 3 is 1.48 bits per heavy atom. The molecule has 0 nitrogen and oxygen atoms in total. The van der Waals surface area contributed by atoms with Crippen molar-refractivity contribution < 1.29 is 0 Å². The summed E-state index contributed by atoms with van der Waals surface area (Å²) in [4.78, 5) is 0. The van der Waals surface area contributed by atoms with E-state index in [0.717, 1.165) is 0 Å². The van der Waals surface area contributed by atoms with Crippen LogP contribution in [0.3, 0.4) is 0 Å². The molecule has 2 heterocycles. The first-order valence-electron chi connectivity index (χ1n) is 16.2. The first-order valence-corrected chi connectivity index (χ1v) is 17.9. The fourth-order valence-electron chi connectivity index (χ4n) is 6.07. The highest BCUT2D eigenvalue weighted by atomic mass is 32.1. The van der Waals surface area contributed by atoms with Crippen LogP contribution in [0.5, 0.6) is 0 Å². The molecular weight excluding hydrogens is 521 g/mol. The Morgan fingerprint density at radius 2 is 0.875 bits per heavy atom. The Hall–Kier alpha value is -2.16. The van der Waals surface area contributed by atoms with Gasteiger partial charge in [-0.25, -0.2) is 0 Å². The highest BCUT2D eigenvalue weighted by Crippen LogP contribution is 2.45. The number of unbranched alkanes of at least 4 members (excludes halogenated alkanes) is 12. The monoisotopic (exact) mass is 568 g/mol. The van der Waals surface area contributed by atoms with E-state index in [4.69, 9.17) is 0 Å². The van der Waals surface area contributed by atoms with E-state index in [1.54, 1.807) is 0 Å². The van der Waals surface area contributed by atoms with Crippen LogP contribution in [0.2, 0.25) is 0 Å². The number of hydrogen-bond donors (Lipinski definition) is 0. The molecule has 0 aliphatic carbocycles. The van der Waals surface area contributed by atoms with Crippen LogP contribution >= 0.6 is 22.7 Å². The first-order chi connectivity index (χ1) is 19.8. The fraction of sp³-hybridized carbons (Fsp3) is 0.474. The fourth-order valence-corrected chi connectivity index (χ4v) is 8.83. The van der Waals surface area contributed by atoms with Crippen molar-refractivity contribution in [3.8, 4) is 11.1 Å². The summed E-state index contributed by atoms with van der Waals surface area (Å²) < 4.78 is 5.82. The van der Waals surface area contributed by atoms with Gasteiger partial charge in [-0.15, -0.1) is 22.7 Å². The molecule has 0 radical (unpaired) electrons. The van der Waals surface area contributed by atoms with Gasteiger partial charge in [-0.1, -0.05) is 139 Å². The molecule has 2 aromatic heterocycles. The minimum absolute atomic E-state index is 1.21. The van der Waals surface area contributed by atoms with Crippen molar-refractivity contribution in [1.82, 2.24) is 0 Å². The van der Waals surface area contributed by atoms with Gasteiger partial charge in [-0.3, -0.25) is 0 Å². The van der Waals surface area contributed by atoms with E-state index in [2.05, 4.69) is 74.5 Å². The predicted molar refractivity (Wildman–Crippen MR) is 184 cm³/mol. The third kappa shape index (κ3) is 7.56. The van der Waals surface area contributed by atoms with Crippen molar-refractivity contribution >= 4 is 52.2 Å². The van der Waals surface area contributed by atoms with Gasteiger partial charge in [-0.05, 0) is 60.1 Å². The zero-order valence-electron chi connectivity index (χ0n) is 24.9. The molecule has 0 atom stereocenters. The summed E-state index contributed by atoms with van der Waals surface area (Å²) in [6, 6.07) is 23.7. The van der Waals surface area contributed by atoms with Crippen molar-refractivity contribution in [2.45, 2.75) is 117 Å². The lowest BCUT2D eigenvalue weighted by molar-refractivity contribution is 0.575. The lowest BCUT2D eigenvalue weighted by Crippen LogP contribution is -1.87. The number of hydrogen-bond acceptors (Lipinski definition) is 2. The molecule has 3 aromatic carbocycles. The van der Waals surface area contributed by atoms with Gasteiger partial charge in [0.15, 0.2) is 0 Å². The second kappa shape index (κ2) is 15.2. The highest BCUT2D eigenvalue weighted by Gasteiger charge is 2.13. The maximum absolute atomic E-state index is 2.47. The van der Waals surface area contributed by atoms with E-state index in [-0.39, 0.29) is 0 Å². The van der Waals surface area contributed by atoms with Crippen molar-refractivity contribution in [2.24, 2.45) is 0 Å². The van der Waals surface area contributed by atoms with E-state index < -0.39 is 0 Å². The number of aryl methyl sites for hydroxylation is 2. The van der Waals surface area contributed by atoms with Crippen molar-refractivity contribution in [3.05, 3.63) is 71.8 Å². The molecule has 0 fully saturated rings. The summed E-state index contributed by atoms with van der Waals surface area (Å²) in [6.07, 6.45) is 21.7. The second-order valence-corrected chi connectivity index (χ2v) is 13.9. The molecule has 2 heteroatoms. The van der Waals surface area contributed by atoms with Gasteiger partial charge in [0.05, 0.1) is 9.40 Å². The van der Waals surface area contributed by atoms with Gasteiger partial charge < -0.3 is 0 Å². The zero-order valence-corrected chi connectivity index (χ0v) is 26.5. The second-order valence-electron chi connectivity index (χ2n) is 11.8. The van der Waals surface area contributed by atoms with Crippen molar-refractivity contribution in [2.75, 3.05) is 0 Å². The Morgan fingerprint density at radius 1 is 0.425 bits per heavy atom. The van der Waals surface area contributed by atoms with Crippen LogP contribution in [0.4, 0.5) is 0 Å². The van der Waals surface area contributed by atoms with Crippen LogP contribution in [0.25, 0.3) is 40.7 Å². The van der Waals surface area contributed by atoms with Crippen LogP contribution in [-0.2, 0) is 12.8 Å². The molecule has 5 aromatic rings. The molecule has 0 saturated carbocycles. The predicted octanol–water partition coefficient (Wildman–Crippen LogP) is 13.5. The Labute approximate surface area is 250 Å². The summed E-state index contributed by atoms with van der Waals surface area (Å²) in [5, 5.41) is 2.87. The average molecular weight is 569 g/mol. The largest absolute Gasteiger partial charge is 0.134 e. The molecule has 0 unspecified atom stereocenters. The molecule has 212 valence electrons. The third-order valence-corrected chi connectivity index (χ3v) is 11.1. The van der Waals surface area contributed by atoms with Crippen LogP contribution in [-0.4, -0.2) is 0 Å².